The molecule has 1 aliphatic rings. The maximum atomic E-state index is 5.15. The molecular weight excluding hydrogens is 238 g/mol. The Bertz CT molecular complexity index is 550. The number of rotatable bonds is 5. The molecule has 0 aliphatic heterocycles. The van der Waals surface area contributed by atoms with Crippen LogP contribution in [0.5, 0.6) is 5.75 Å². The zero-order chi connectivity index (χ0) is 13.1. The number of methoxy groups -OCH3 is 1. The standard InChI is InChI=1S/C15H17N3O/c1-19-14-6-2-11(3-7-14)15-16-9-8-13(18-15)10-17-12-4-5-12/h2-3,6-9,12,17H,4-5,10H2,1H3. The lowest BCUT2D eigenvalue weighted by Crippen LogP contribution is -2.16. The second kappa shape index (κ2) is 5.36. The third-order valence-corrected chi connectivity index (χ3v) is 3.21. The second-order valence-corrected chi connectivity index (χ2v) is 4.76. The summed E-state index contributed by atoms with van der Waals surface area (Å²) in [6.45, 7) is 0.816. The first-order chi connectivity index (χ1) is 9.35. The first kappa shape index (κ1) is 12.1. The van der Waals surface area contributed by atoms with Crippen LogP contribution < -0.4 is 10.1 Å². The molecule has 0 atom stereocenters. The smallest absolute Gasteiger partial charge is 0.159 e. The number of hydrogen-bond donors (Lipinski definition) is 1. The van der Waals surface area contributed by atoms with Crippen LogP contribution in [0.25, 0.3) is 11.4 Å². The van der Waals surface area contributed by atoms with E-state index in [9.17, 15) is 0 Å². The molecule has 1 N–H and O–H groups in total. The van der Waals surface area contributed by atoms with Gasteiger partial charge in [-0.25, -0.2) is 9.97 Å². The number of benzene rings is 1. The minimum Gasteiger partial charge on any atom is -0.497 e. The summed E-state index contributed by atoms with van der Waals surface area (Å²) in [4.78, 5) is 8.91. The van der Waals surface area contributed by atoms with Gasteiger partial charge in [-0.1, -0.05) is 0 Å². The van der Waals surface area contributed by atoms with E-state index in [4.69, 9.17) is 4.74 Å². The zero-order valence-electron chi connectivity index (χ0n) is 11.0. The van der Waals surface area contributed by atoms with Gasteiger partial charge in [0.1, 0.15) is 5.75 Å². The molecule has 1 aliphatic carbocycles. The Labute approximate surface area is 112 Å². The zero-order valence-corrected chi connectivity index (χ0v) is 11.0. The molecule has 2 aromatic rings. The Morgan fingerprint density at radius 3 is 2.68 bits per heavy atom. The van der Waals surface area contributed by atoms with Gasteiger partial charge in [0.15, 0.2) is 5.82 Å². The number of nitrogens with one attached hydrogen (secondary N) is 1. The number of nitrogens with zero attached hydrogens (tertiary/aromatic N) is 2. The van der Waals surface area contributed by atoms with E-state index in [0.29, 0.717) is 6.04 Å². The highest BCUT2D eigenvalue weighted by atomic mass is 16.5. The summed E-state index contributed by atoms with van der Waals surface area (Å²) in [5, 5.41) is 3.46. The van der Waals surface area contributed by atoms with E-state index < -0.39 is 0 Å². The van der Waals surface area contributed by atoms with E-state index in [0.717, 1.165) is 29.4 Å². The van der Waals surface area contributed by atoms with Gasteiger partial charge in [0, 0.05) is 24.3 Å². The summed E-state index contributed by atoms with van der Waals surface area (Å²) < 4.78 is 5.15. The third kappa shape index (κ3) is 3.09. The largest absolute Gasteiger partial charge is 0.497 e. The van der Waals surface area contributed by atoms with E-state index in [-0.39, 0.29) is 0 Å². The molecule has 1 aromatic carbocycles. The molecule has 1 aromatic heterocycles. The van der Waals surface area contributed by atoms with Crippen LogP contribution in [0.2, 0.25) is 0 Å². The minimum atomic E-state index is 0.694. The molecule has 0 spiro atoms. The van der Waals surface area contributed by atoms with Crippen LogP contribution in [0.1, 0.15) is 18.5 Å². The summed E-state index contributed by atoms with van der Waals surface area (Å²) in [7, 11) is 1.66. The quantitative estimate of drug-likeness (QED) is 0.891. The van der Waals surface area contributed by atoms with E-state index in [1.165, 1.54) is 12.8 Å². The lowest BCUT2D eigenvalue weighted by molar-refractivity contribution is 0.415. The number of ether oxygens (including phenoxy) is 1. The summed E-state index contributed by atoms with van der Waals surface area (Å²) in [6, 6.07) is 10.5. The van der Waals surface area contributed by atoms with Crippen molar-refractivity contribution in [2.45, 2.75) is 25.4 Å². The van der Waals surface area contributed by atoms with Crippen molar-refractivity contribution < 1.29 is 4.74 Å². The van der Waals surface area contributed by atoms with Crippen molar-refractivity contribution in [2.75, 3.05) is 7.11 Å². The van der Waals surface area contributed by atoms with Crippen LogP contribution in [0.3, 0.4) is 0 Å². The van der Waals surface area contributed by atoms with E-state index in [1.807, 2.05) is 36.5 Å². The molecule has 4 heteroatoms. The molecule has 0 saturated heterocycles. The van der Waals surface area contributed by atoms with E-state index in [2.05, 4.69) is 15.3 Å². The predicted molar refractivity (Wildman–Crippen MR) is 73.9 cm³/mol. The van der Waals surface area contributed by atoms with Gasteiger partial charge in [-0.15, -0.1) is 0 Å². The third-order valence-electron chi connectivity index (χ3n) is 3.21. The molecule has 0 radical (unpaired) electrons. The van der Waals surface area contributed by atoms with Crippen molar-refractivity contribution in [2.24, 2.45) is 0 Å². The average Bonchev–Trinajstić information content (AvgIpc) is 3.30. The Kier molecular flexibility index (Phi) is 3.42. The normalized spacial score (nSPS) is 14.4. The molecular formula is C15H17N3O. The first-order valence-corrected chi connectivity index (χ1v) is 6.55. The van der Waals surface area contributed by atoms with Gasteiger partial charge in [0.2, 0.25) is 0 Å². The predicted octanol–water partition coefficient (Wildman–Crippen LogP) is 2.40. The van der Waals surface area contributed by atoms with E-state index in [1.54, 1.807) is 7.11 Å². The second-order valence-electron chi connectivity index (χ2n) is 4.76. The molecule has 0 unspecified atom stereocenters. The van der Waals surface area contributed by atoms with Crippen LogP contribution in [0.15, 0.2) is 36.5 Å². The summed E-state index contributed by atoms with van der Waals surface area (Å²) in [5.41, 5.74) is 2.04. The Hall–Kier alpha value is -1.94. The van der Waals surface area contributed by atoms with Crippen LogP contribution in [-0.2, 0) is 6.54 Å². The summed E-state index contributed by atoms with van der Waals surface area (Å²) in [6.07, 6.45) is 4.39. The van der Waals surface area contributed by atoms with Crippen molar-refractivity contribution in [1.82, 2.24) is 15.3 Å². The van der Waals surface area contributed by atoms with Gasteiger partial charge in [0.25, 0.3) is 0 Å². The molecule has 98 valence electrons. The minimum absolute atomic E-state index is 0.694. The maximum absolute atomic E-state index is 5.15. The fraction of sp³-hybridized carbons (Fsp3) is 0.333. The number of hydrogen-bond acceptors (Lipinski definition) is 4. The highest BCUT2D eigenvalue weighted by molar-refractivity contribution is 5.56. The van der Waals surface area contributed by atoms with Crippen molar-refractivity contribution in [3.63, 3.8) is 0 Å². The van der Waals surface area contributed by atoms with Crippen molar-refractivity contribution >= 4 is 0 Å². The fourth-order valence-corrected chi connectivity index (χ4v) is 1.91. The highest BCUT2D eigenvalue weighted by Gasteiger charge is 2.20. The lowest BCUT2D eigenvalue weighted by atomic mass is 10.2. The van der Waals surface area contributed by atoms with Crippen molar-refractivity contribution in [1.29, 1.82) is 0 Å². The van der Waals surface area contributed by atoms with Gasteiger partial charge in [0.05, 0.1) is 12.8 Å². The van der Waals surface area contributed by atoms with E-state index >= 15 is 0 Å². The monoisotopic (exact) mass is 255 g/mol. The maximum Gasteiger partial charge on any atom is 0.159 e. The molecule has 0 amide bonds. The van der Waals surface area contributed by atoms with Gasteiger partial charge in [-0.05, 0) is 43.2 Å². The Morgan fingerprint density at radius 2 is 2.00 bits per heavy atom. The van der Waals surface area contributed by atoms with Crippen molar-refractivity contribution in [3.05, 3.63) is 42.2 Å². The van der Waals surface area contributed by atoms with Gasteiger partial charge >= 0.3 is 0 Å². The molecule has 19 heavy (non-hydrogen) atoms. The highest BCUT2D eigenvalue weighted by Crippen LogP contribution is 2.20. The average molecular weight is 255 g/mol. The molecule has 0 bridgehead atoms. The molecule has 4 nitrogen and oxygen atoms in total. The topological polar surface area (TPSA) is 47.0 Å². The SMILES string of the molecule is COc1ccc(-c2nccc(CNC3CC3)n2)cc1. The van der Waals surface area contributed by atoms with Gasteiger partial charge in [-0.3, -0.25) is 0 Å². The van der Waals surface area contributed by atoms with Crippen LogP contribution in [0, 0.1) is 0 Å². The molecule has 1 fully saturated rings. The Morgan fingerprint density at radius 1 is 1.21 bits per heavy atom. The van der Waals surface area contributed by atoms with Crippen LogP contribution >= 0.6 is 0 Å². The lowest BCUT2D eigenvalue weighted by Gasteiger charge is -2.05. The molecule has 1 saturated carbocycles. The number of aromatic nitrogens is 2. The first-order valence-electron chi connectivity index (χ1n) is 6.55. The molecule has 1 heterocycles. The Balaban J connectivity index is 1.76. The van der Waals surface area contributed by atoms with Crippen molar-refractivity contribution in [3.8, 4) is 17.1 Å². The van der Waals surface area contributed by atoms with Crippen LogP contribution in [-0.4, -0.2) is 23.1 Å². The van der Waals surface area contributed by atoms with Gasteiger partial charge in [-0.2, -0.15) is 0 Å². The summed E-state index contributed by atoms with van der Waals surface area (Å²) in [5.74, 6) is 1.60. The summed E-state index contributed by atoms with van der Waals surface area (Å²) >= 11 is 0. The fourth-order valence-electron chi connectivity index (χ4n) is 1.91. The molecule has 3 rings (SSSR count). The van der Waals surface area contributed by atoms with Crippen LogP contribution in [0.4, 0.5) is 0 Å². The van der Waals surface area contributed by atoms with Gasteiger partial charge < -0.3 is 10.1 Å².